The third-order valence-corrected chi connectivity index (χ3v) is 3.33. The minimum Gasteiger partial charge on any atom is -0.507 e. The molecule has 0 heterocycles. The summed E-state index contributed by atoms with van der Waals surface area (Å²) in [4.78, 5) is 48.3. The van der Waals surface area contributed by atoms with Crippen LogP contribution in [0.25, 0.3) is 0 Å². The zero-order chi connectivity index (χ0) is 19.4. The van der Waals surface area contributed by atoms with E-state index in [4.69, 9.17) is 11.7 Å². The lowest BCUT2D eigenvalue weighted by molar-refractivity contribution is -0.149. The van der Waals surface area contributed by atoms with E-state index in [9.17, 15) is 29.4 Å². The lowest BCUT2D eigenvalue weighted by Crippen LogP contribution is -2.54. The van der Waals surface area contributed by atoms with Crippen LogP contribution in [-0.4, -0.2) is 43.9 Å². The second kappa shape index (κ2) is 7.42. The van der Waals surface area contributed by atoms with E-state index in [1.807, 2.05) is 0 Å². The molecule has 0 spiro atoms. The fourth-order valence-corrected chi connectivity index (χ4v) is 1.96. The average Bonchev–Trinajstić information content (AvgIpc) is 2.65. The Morgan fingerprint density at radius 1 is 0.654 bits per heavy atom. The summed E-state index contributed by atoms with van der Waals surface area (Å²) in [6.45, 7) is 0. The number of nitrogens with two attached hydrogens (primary N) is 2. The van der Waals surface area contributed by atoms with Gasteiger partial charge in [0.2, 0.25) is 0 Å². The third kappa shape index (κ3) is 3.50. The Morgan fingerprint density at radius 2 is 0.962 bits per heavy atom. The first-order chi connectivity index (χ1) is 12.3. The number of hydrazine groups is 2. The van der Waals surface area contributed by atoms with E-state index in [0.29, 0.717) is 0 Å². The molecule has 0 saturated heterocycles. The highest BCUT2D eigenvalue weighted by atomic mass is 16.3. The van der Waals surface area contributed by atoms with Gasteiger partial charge in [0.25, 0.3) is 11.8 Å². The van der Waals surface area contributed by atoms with Crippen LogP contribution in [0.2, 0.25) is 0 Å². The molecule has 0 aromatic heterocycles. The number of carbonyl (C=O) groups is 4. The maximum absolute atomic E-state index is 12.1. The van der Waals surface area contributed by atoms with Gasteiger partial charge in [-0.3, -0.25) is 19.2 Å². The number of phenols is 2. The largest absolute Gasteiger partial charge is 0.507 e. The van der Waals surface area contributed by atoms with Crippen molar-refractivity contribution >= 4 is 23.6 Å². The fraction of sp³-hybridized carbons (Fsp3) is 0. The van der Waals surface area contributed by atoms with Crippen LogP contribution in [0.15, 0.2) is 48.5 Å². The minimum atomic E-state index is -1.61. The van der Waals surface area contributed by atoms with Gasteiger partial charge in [-0.15, -0.1) is 0 Å². The van der Waals surface area contributed by atoms with Gasteiger partial charge >= 0.3 is 11.8 Å². The molecule has 0 aliphatic carbocycles. The molecule has 4 amide bonds. The Hall–Kier alpha value is -3.76. The van der Waals surface area contributed by atoms with Crippen LogP contribution < -0.4 is 11.7 Å². The number of rotatable bonds is 2. The van der Waals surface area contributed by atoms with Crippen molar-refractivity contribution in [1.82, 2.24) is 10.0 Å². The standard InChI is InChI=1S/C16H14N4O6/c17-19(13(23)9-5-1-3-7-11(9)21)15(25)16(26)20(18)14(24)10-6-2-4-8-12(10)22/h1-8,21-22H,17-18H2. The number of para-hydroxylation sites is 2. The normalized spacial score (nSPS) is 10.1. The molecule has 2 rings (SSSR count). The van der Waals surface area contributed by atoms with E-state index < -0.39 is 35.1 Å². The van der Waals surface area contributed by atoms with Crippen LogP contribution in [0.1, 0.15) is 20.7 Å². The summed E-state index contributed by atoms with van der Waals surface area (Å²) in [5, 5.41) is 19.1. The number of nitrogens with zero attached hydrogens (tertiary/aromatic N) is 2. The fourth-order valence-electron chi connectivity index (χ4n) is 1.96. The highest BCUT2D eigenvalue weighted by Crippen LogP contribution is 2.18. The zero-order valence-electron chi connectivity index (χ0n) is 13.2. The van der Waals surface area contributed by atoms with Crippen LogP contribution >= 0.6 is 0 Å². The molecule has 6 N–H and O–H groups in total. The summed E-state index contributed by atoms with van der Waals surface area (Å²) in [5.74, 6) is 4.18. The highest BCUT2D eigenvalue weighted by Gasteiger charge is 2.33. The van der Waals surface area contributed by atoms with E-state index in [0.717, 1.165) is 0 Å². The summed E-state index contributed by atoms with van der Waals surface area (Å²) in [6, 6.07) is 10.4. The van der Waals surface area contributed by atoms with E-state index in [2.05, 4.69) is 0 Å². The van der Waals surface area contributed by atoms with Gasteiger partial charge in [0.1, 0.15) is 11.5 Å². The third-order valence-electron chi connectivity index (χ3n) is 3.33. The average molecular weight is 358 g/mol. The van der Waals surface area contributed by atoms with Crippen LogP contribution in [-0.2, 0) is 9.59 Å². The molecule has 0 fully saturated rings. The van der Waals surface area contributed by atoms with Gasteiger partial charge < -0.3 is 10.2 Å². The minimum absolute atomic E-state index is 0.0740. The Labute approximate surface area is 146 Å². The van der Waals surface area contributed by atoms with Gasteiger partial charge in [-0.1, -0.05) is 24.3 Å². The first-order valence-electron chi connectivity index (χ1n) is 7.08. The number of hydrogen-bond donors (Lipinski definition) is 4. The van der Waals surface area contributed by atoms with Crippen molar-refractivity contribution in [3.63, 3.8) is 0 Å². The number of benzene rings is 2. The summed E-state index contributed by atoms with van der Waals surface area (Å²) in [7, 11) is 0. The molecule has 2 aromatic rings. The van der Waals surface area contributed by atoms with E-state index in [1.54, 1.807) is 0 Å². The number of aromatic hydroxyl groups is 2. The molecule has 0 aliphatic heterocycles. The predicted molar refractivity (Wildman–Crippen MR) is 86.9 cm³/mol. The van der Waals surface area contributed by atoms with Crippen LogP contribution in [0.5, 0.6) is 11.5 Å². The molecule has 0 aliphatic rings. The van der Waals surface area contributed by atoms with Gasteiger partial charge in [0, 0.05) is 0 Å². The molecule has 10 nitrogen and oxygen atoms in total. The quantitative estimate of drug-likeness (QED) is 0.241. The van der Waals surface area contributed by atoms with Crippen molar-refractivity contribution in [1.29, 1.82) is 0 Å². The van der Waals surface area contributed by atoms with Gasteiger partial charge in [-0.2, -0.15) is 0 Å². The summed E-state index contributed by atoms with van der Waals surface area (Å²) < 4.78 is 0. The van der Waals surface area contributed by atoms with Crippen molar-refractivity contribution in [2.75, 3.05) is 0 Å². The predicted octanol–water partition coefficient (Wildman–Crippen LogP) is -0.517. The first kappa shape index (κ1) is 18.6. The lowest BCUT2D eigenvalue weighted by atomic mass is 10.1. The molecule has 0 bridgehead atoms. The number of amides is 4. The Morgan fingerprint density at radius 3 is 1.27 bits per heavy atom. The second-order valence-electron chi connectivity index (χ2n) is 4.99. The summed E-state index contributed by atoms with van der Waals surface area (Å²) >= 11 is 0. The van der Waals surface area contributed by atoms with E-state index in [-0.39, 0.29) is 21.1 Å². The van der Waals surface area contributed by atoms with Gasteiger partial charge in [-0.05, 0) is 24.3 Å². The topological polar surface area (TPSA) is 167 Å². The molecule has 0 unspecified atom stereocenters. The monoisotopic (exact) mass is 358 g/mol. The molecule has 0 radical (unpaired) electrons. The Balaban J connectivity index is 2.19. The zero-order valence-corrected chi connectivity index (χ0v) is 13.2. The maximum atomic E-state index is 12.1. The number of phenolic OH excluding ortho intramolecular Hbond substituents is 2. The first-order valence-corrected chi connectivity index (χ1v) is 7.08. The summed E-state index contributed by atoms with van der Waals surface area (Å²) in [6.07, 6.45) is 0. The van der Waals surface area contributed by atoms with Crippen molar-refractivity contribution in [2.24, 2.45) is 11.7 Å². The van der Waals surface area contributed by atoms with Crippen molar-refractivity contribution in [3.05, 3.63) is 59.7 Å². The molecule has 10 heteroatoms. The van der Waals surface area contributed by atoms with E-state index >= 15 is 0 Å². The number of hydrogen-bond acceptors (Lipinski definition) is 8. The highest BCUT2D eigenvalue weighted by molar-refractivity contribution is 6.40. The van der Waals surface area contributed by atoms with Gasteiger partial charge in [0.15, 0.2) is 0 Å². The summed E-state index contributed by atoms with van der Waals surface area (Å²) in [5.41, 5.74) is -0.654. The molecule has 0 atom stereocenters. The molecule has 26 heavy (non-hydrogen) atoms. The van der Waals surface area contributed by atoms with Crippen molar-refractivity contribution in [3.8, 4) is 11.5 Å². The lowest BCUT2D eigenvalue weighted by Gasteiger charge is -2.19. The van der Waals surface area contributed by atoms with Crippen molar-refractivity contribution in [2.45, 2.75) is 0 Å². The molecular weight excluding hydrogens is 344 g/mol. The van der Waals surface area contributed by atoms with E-state index in [1.165, 1.54) is 48.5 Å². The van der Waals surface area contributed by atoms with Crippen LogP contribution in [0.4, 0.5) is 0 Å². The smallest absolute Gasteiger partial charge is 0.335 e. The SMILES string of the molecule is NN(C(=O)C(=O)N(N)C(=O)c1ccccc1O)C(=O)c1ccccc1O. The second-order valence-corrected chi connectivity index (χ2v) is 4.99. The van der Waals surface area contributed by atoms with Crippen LogP contribution in [0.3, 0.4) is 0 Å². The molecular formula is C16H14N4O6. The van der Waals surface area contributed by atoms with Crippen molar-refractivity contribution < 1.29 is 29.4 Å². The number of carbonyl (C=O) groups excluding carboxylic acids is 4. The number of imide groups is 2. The van der Waals surface area contributed by atoms with Crippen LogP contribution in [0, 0.1) is 0 Å². The van der Waals surface area contributed by atoms with Gasteiger partial charge in [0.05, 0.1) is 11.1 Å². The molecule has 0 saturated carbocycles. The Bertz CT molecular complexity index is 824. The maximum Gasteiger partial charge on any atom is 0.335 e. The van der Waals surface area contributed by atoms with Gasteiger partial charge in [-0.25, -0.2) is 21.7 Å². The molecule has 2 aromatic carbocycles. The Kier molecular flexibility index (Phi) is 5.30. The molecule has 134 valence electrons.